The summed E-state index contributed by atoms with van der Waals surface area (Å²) in [5, 5.41) is 26.2. The maximum Gasteiger partial charge on any atom is 0.222 e. The first-order chi connectivity index (χ1) is 7.03. The van der Waals surface area contributed by atoms with Crippen LogP contribution in [0.1, 0.15) is 13.8 Å². The van der Waals surface area contributed by atoms with E-state index in [0.717, 1.165) is 0 Å². The van der Waals surface area contributed by atoms with Crippen LogP contribution in [0.2, 0.25) is 0 Å². The largest absolute Gasteiger partial charge is 0.397 e. The maximum atomic E-state index is 8.98. The van der Waals surface area contributed by atoms with Crippen molar-refractivity contribution in [2.75, 3.05) is 0 Å². The van der Waals surface area contributed by atoms with Crippen LogP contribution in [0, 0.1) is 39.9 Å². The molecule has 0 spiro atoms. The highest BCUT2D eigenvalue weighted by atomic mass is 16.6. The van der Waals surface area contributed by atoms with Crippen LogP contribution < -0.4 is 5.73 Å². The number of epoxide rings is 1. The first-order valence-corrected chi connectivity index (χ1v) is 4.43. The summed E-state index contributed by atoms with van der Waals surface area (Å²) in [6, 6.07) is 5.23. The number of hydrogen-bond acceptors (Lipinski definition) is 5. The fraction of sp³-hybridized carbons (Fsp3) is 0.500. The van der Waals surface area contributed by atoms with Crippen molar-refractivity contribution in [2.24, 2.45) is 11.7 Å². The number of allylic oxidation sites excluding steroid dienone is 1. The lowest BCUT2D eigenvalue weighted by Crippen LogP contribution is -2.26. The molecule has 2 N–H and O–H groups in total. The zero-order valence-electron chi connectivity index (χ0n) is 8.48. The van der Waals surface area contributed by atoms with Gasteiger partial charge in [-0.3, -0.25) is 0 Å². The molecule has 0 aromatic rings. The molecule has 5 nitrogen and oxygen atoms in total. The van der Waals surface area contributed by atoms with Gasteiger partial charge in [0.15, 0.2) is 5.57 Å². The predicted molar refractivity (Wildman–Crippen MR) is 50.5 cm³/mol. The van der Waals surface area contributed by atoms with Crippen molar-refractivity contribution in [1.82, 2.24) is 0 Å². The van der Waals surface area contributed by atoms with Gasteiger partial charge in [-0.15, -0.1) is 0 Å². The van der Waals surface area contributed by atoms with Crippen LogP contribution in [0.15, 0.2) is 11.3 Å². The second-order valence-electron chi connectivity index (χ2n) is 3.64. The average Bonchev–Trinajstić information content (AvgIpc) is 2.95. The fourth-order valence-corrected chi connectivity index (χ4v) is 1.47. The van der Waals surface area contributed by atoms with Crippen molar-refractivity contribution in [2.45, 2.75) is 25.6 Å². The first-order valence-electron chi connectivity index (χ1n) is 4.43. The molecule has 5 heteroatoms. The molecule has 1 heterocycles. The Hall–Kier alpha value is -2.03. The molecule has 0 aromatic heterocycles. The third-order valence-electron chi connectivity index (χ3n) is 2.32. The average molecular weight is 202 g/mol. The maximum absolute atomic E-state index is 8.98. The quantitative estimate of drug-likeness (QED) is 0.519. The van der Waals surface area contributed by atoms with Crippen LogP contribution in [0.4, 0.5) is 0 Å². The molecular weight excluding hydrogens is 192 g/mol. The van der Waals surface area contributed by atoms with E-state index >= 15 is 0 Å². The Balaban J connectivity index is 3.12. The second-order valence-corrected chi connectivity index (χ2v) is 3.64. The molecule has 0 bridgehead atoms. The van der Waals surface area contributed by atoms with Gasteiger partial charge >= 0.3 is 0 Å². The third kappa shape index (κ3) is 1.52. The number of ether oxygens (including phenoxy) is 1. The van der Waals surface area contributed by atoms with Gasteiger partial charge in [-0.1, -0.05) is 13.8 Å². The van der Waals surface area contributed by atoms with E-state index < -0.39 is 5.60 Å². The minimum atomic E-state index is -1.27. The van der Waals surface area contributed by atoms with E-state index in [0.29, 0.717) is 0 Å². The van der Waals surface area contributed by atoms with Crippen LogP contribution in [0.3, 0.4) is 0 Å². The molecular formula is C10H10N4O. The van der Waals surface area contributed by atoms with E-state index in [1.54, 1.807) is 12.1 Å². The first kappa shape index (κ1) is 11.0. The Bertz CT molecular complexity index is 416. The van der Waals surface area contributed by atoms with Gasteiger partial charge in [-0.05, 0) is 5.92 Å². The molecule has 0 saturated carbocycles. The highest BCUT2D eigenvalue weighted by Gasteiger charge is 2.62. The van der Waals surface area contributed by atoms with Crippen molar-refractivity contribution in [1.29, 1.82) is 15.8 Å². The van der Waals surface area contributed by atoms with Gasteiger partial charge < -0.3 is 10.5 Å². The van der Waals surface area contributed by atoms with Crippen molar-refractivity contribution in [3.05, 3.63) is 11.3 Å². The number of rotatable bonds is 2. The highest BCUT2D eigenvalue weighted by Crippen LogP contribution is 2.45. The molecule has 76 valence electrons. The van der Waals surface area contributed by atoms with Crippen LogP contribution in [-0.4, -0.2) is 11.7 Å². The zero-order chi connectivity index (χ0) is 11.6. The SMILES string of the molecule is CC(C)[C@@H]1O[C@]1(C#N)C(N)=C(C#N)C#N. The van der Waals surface area contributed by atoms with E-state index in [4.69, 9.17) is 26.3 Å². The van der Waals surface area contributed by atoms with Crippen LogP contribution >= 0.6 is 0 Å². The fourth-order valence-electron chi connectivity index (χ4n) is 1.47. The molecule has 0 radical (unpaired) electrons. The summed E-state index contributed by atoms with van der Waals surface area (Å²) in [6.07, 6.45) is -0.334. The normalized spacial score (nSPS) is 27.3. The van der Waals surface area contributed by atoms with Gasteiger partial charge in [-0.2, -0.15) is 15.8 Å². The number of hydrogen-bond donors (Lipinski definition) is 1. The summed E-state index contributed by atoms with van der Waals surface area (Å²) < 4.78 is 5.22. The molecule has 1 rings (SSSR count). The lowest BCUT2D eigenvalue weighted by molar-refractivity contribution is 0.324. The van der Waals surface area contributed by atoms with Crippen LogP contribution in [-0.2, 0) is 4.74 Å². The topological polar surface area (TPSA) is 110 Å². The molecule has 0 amide bonds. The molecule has 2 atom stereocenters. The number of nitrogens with two attached hydrogens (primary N) is 1. The highest BCUT2D eigenvalue weighted by molar-refractivity contribution is 5.49. The Morgan fingerprint density at radius 1 is 1.33 bits per heavy atom. The van der Waals surface area contributed by atoms with Gasteiger partial charge in [-0.25, -0.2) is 0 Å². The van der Waals surface area contributed by atoms with E-state index in [2.05, 4.69) is 0 Å². The van der Waals surface area contributed by atoms with E-state index in [-0.39, 0.29) is 23.3 Å². The Labute approximate surface area is 88.0 Å². The predicted octanol–water partition coefficient (Wildman–Crippen LogP) is 0.564. The van der Waals surface area contributed by atoms with Crippen molar-refractivity contribution in [3.8, 4) is 18.2 Å². The third-order valence-corrected chi connectivity index (χ3v) is 2.32. The molecule has 15 heavy (non-hydrogen) atoms. The number of nitriles is 3. The Morgan fingerprint density at radius 2 is 1.87 bits per heavy atom. The van der Waals surface area contributed by atoms with Gasteiger partial charge in [0.2, 0.25) is 5.60 Å². The minimum absolute atomic E-state index is 0.0753. The summed E-state index contributed by atoms with van der Waals surface area (Å²) in [5.74, 6) is 0.113. The van der Waals surface area contributed by atoms with Gasteiger partial charge in [0.05, 0.1) is 5.70 Å². The summed E-state index contributed by atoms with van der Waals surface area (Å²) in [6.45, 7) is 3.77. The summed E-state index contributed by atoms with van der Waals surface area (Å²) in [7, 11) is 0. The summed E-state index contributed by atoms with van der Waals surface area (Å²) in [5.41, 5.74) is 4.01. The standard InChI is InChI=1S/C10H10N4O/c1-6(2)9-10(5-13,15-9)8(14)7(3-11)4-12/h6,9H,14H2,1-2H3/t9-,10+/m0/s1. The van der Waals surface area contributed by atoms with Crippen molar-refractivity contribution < 1.29 is 4.74 Å². The van der Waals surface area contributed by atoms with E-state index in [9.17, 15) is 0 Å². The lowest BCUT2D eigenvalue weighted by Gasteiger charge is -2.05. The van der Waals surface area contributed by atoms with Gasteiger partial charge in [0.1, 0.15) is 24.3 Å². The van der Waals surface area contributed by atoms with Gasteiger partial charge in [0.25, 0.3) is 0 Å². The lowest BCUT2D eigenvalue weighted by atomic mass is 9.93. The van der Waals surface area contributed by atoms with E-state index in [1.807, 2.05) is 19.9 Å². The van der Waals surface area contributed by atoms with Crippen LogP contribution in [0.25, 0.3) is 0 Å². The molecule has 1 aliphatic rings. The van der Waals surface area contributed by atoms with Crippen LogP contribution in [0.5, 0.6) is 0 Å². The summed E-state index contributed by atoms with van der Waals surface area (Å²) >= 11 is 0. The molecule has 1 fully saturated rings. The molecule has 0 aromatic carbocycles. The zero-order valence-corrected chi connectivity index (χ0v) is 8.48. The van der Waals surface area contributed by atoms with Crippen molar-refractivity contribution in [3.63, 3.8) is 0 Å². The molecule has 0 unspecified atom stereocenters. The summed E-state index contributed by atoms with van der Waals surface area (Å²) in [4.78, 5) is 0. The Morgan fingerprint density at radius 3 is 2.13 bits per heavy atom. The molecule has 1 saturated heterocycles. The van der Waals surface area contributed by atoms with E-state index in [1.165, 1.54) is 0 Å². The Kier molecular flexibility index (Phi) is 2.66. The second kappa shape index (κ2) is 3.61. The van der Waals surface area contributed by atoms with Gasteiger partial charge in [0, 0.05) is 0 Å². The number of nitrogens with zero attached hydrogens (tertiary/aromatic N) is 3. The smallest absolute Gasteiger partial charge is 0.222 e. The monoisotopic (exact) mass is 202 g/mol. The molecule has 0 aliphatic carbocycles. The van der Waals surface area contributed by atoms with Crippen molar-refractivity contribution >= 4 is 0 Å². The minimum Gasteiger partial charge on any atom is -0.397 e. The molecule has 1 aliphatic heterocycles.